The van der Waals surface area contributed by atoms with Gasteiger partial charge in [0.1, 0.15) is 30.5 Å². The van der Waals surface area contributed by atoms with E-state index in [1.807, 2.05) is 105 Å². The van der Waals surface area contributed by atoms with Gasteiger partial charge in [0, 0.05) is 0 Å². The third kappa shape index (κ3) is 8.67. The highest BCUT2D eigenvalue weighted by Crippen LogP contribution is 2.30. The van der Waals surface area contributed by atoms with Gasteiger partial charge in [-0.15, -0.1) is 0 Å². The standard InChI is InChI=1S/C33H40O8/c1-33(2)39-22-27(41-33)21-38-32-29(34)31(37-20-26-16-10-5-11-17-26)30(36-19-25-14-8-4-9-15-25)28(40-32)23-35-18-24-12-6-3-7-13-24/h3-17,27-32,34H,18-23H2,1-2H3/t27-,28+,29+,30+,31+,32+/m0/s1. The fourth-order valence-corrected chi connectivity index (χ4v) is 5.01. The van der Waals surface area contributed by atoms with Gasteiger partial charge in [-0.1, -0.05) is 91.0 Å². The molecule has 220 valence electrons. The number of rotatable bonds is 13. The second-order valence-corrected chi connectivity index (χ2v) is 10.8. The van der Waals surface area contributed by atoms with E-state index in [1.54, 1.807) is 0 Å². The zero-order valence-corrected chi connectivity index (χ0v) is 23.7. The van der Waals surface area contributed by atoms with Gasteiger partial charge >= 0.3 is 0 Å². The molecule has 3 aromatic carbocycles. The lowest BCUT2D eigenvalue weighted by Gasteiger charge is -2.44. The van der Waals surface area contributed by atoms with Crippen molar-refractivity contribution in [2.24, 2.45) is 0 Å². The van der Waals surface area contributed by atoms with E-state index < -0.39 is 36.5 Å². The van der Waals surface area contributed by atoms with Gasteiger partial charge in [-0.05, 0) is 30.5 Å². The SMILES string of the molecule is CC1(C)OC[C@H](CO[C@@H]2O[C@H](COCc3ccccc3)[C@@H](OCc3ccccc3)[C@H](OCc3ccccc3)[C@H]2O)O1. The summed E-state index contributed by atoms with van der Waals surface area (Å²) in [7, 11) is 0. The molecule has 0 spiro atoms. The fraction of sp³-hybridized carbons (Fsp3) is 0.455. The Labute approximate surface area is 242 Å². The Morgan fingerprint density at radius 1 is 0.707 bits per heavy atom. The minimum absolute atomic E-state index is 0.198. The molecule has 41 heavy (non-hydrogen) atoms. The van der Waals surface area contributed by atoms with Crippen LogP contribution < -0.4 is 0 Å². The van der Waals surface area contributed by atoms with E-state index in [1.165, 1.54) is 0 Å². The van der Waals surface area contributed by atoms with Gasteiger partial charge in [0.15, 0.2) is 12.1 Å². The van der Waals surface area contributed by atoms with Crippen LogP contribution in [0.4, 0.5) is 0 Å². The molecule has 0 aliphatic carbocycles. The number of hydrogen-bond donors (Lipinski definition) is 1. The predicted molar refractivity (Wildman–Crippen MR) is 152 cm³/mol. The molecular weight excluding hydrogens is 524 g/mol. The summed E-state index contributed by atoms with van der Waals surface area (Å²) < 4.78 is 42.9. The van der Waals surface area contributed by atoms with E-state index in [-0.39, 0.29) is 19.3 Å². The van der Waals surface area contributed by atoms with Crippen LogP contribution in [0.1, 0.15) is 30.5 Å². The molecule has 6 atom stereocenters. The van der Waals surface area contributed by atoms with Gasteiger partial charge in [-0.2, -0.15) is 0 Å². The molecule has 0 aromatic heterocycles. The summed E-state index contributed by atoms with van der Waals surface area (Å²) in [5, 5.41) is 11.5. The lowest BCUT2D eigenvalue weighted by molar-refractivity contribution is -0.322. The molecule has 5 rings (SSSR count). The highest BCUT2D eigenvalue weighted by molar-refractivity contribution is 5.15. The molecule has 0 unspecified atom stereocenters. The fourth-order valence-electron chi connectivity index (χ4n) is 5.01. The van der Waals surface area contributed by atoms with Crippen LogP contribution in [0.2, 0.25) is 0 Å². The molecule has 2 aliphatic rings. The first-order valence-corrected chi connectivity index (χ1v) is 14.2. The van der Waals surface area contributed by atoms with E-state index in [0.717, 1.165) is 16.7 Å². The van der Waals surface area contributed by atoms with Crippen LogP contribution in [-0.4, -0.2) is 67.5 Å². The first-order chi connectivity index (χ1) is 20.0. The summed E-state index contributed by atoms with van der Waals surface area (Å²) in [6.07, 6.45) is -4.27. The van der Waals surface area contributed by atoms with E-state index >= 15 is 0 Å². The van der Waals surface area contributed by atoms with Gasteiger partial charge in [-0.3, -0.25) is 0 Å². The molecule has 3 aromatic rings. The van der Waals surface area contributed by atoms with Crippen LogP contribution in [0, 0.1) is 0 Å². The molecule has 2 heterocycles. The lowest BCUT2D eigenvalue weighted by atomic mass is 9.98. The highest BCUT2D eigenvalue weighted by atomic mass is 16.8. The molecule has 2 aliphatic heterocycles. The summed E-state index contributed by atoms with van der Waals surface area (Å²) in [4.78, 5) is 0. The Balaban J connectivity index is 1.32. The van der Waals surface area contributed by atoms with Crippen molar-refractivity contribution >= 4 is 0 Å². The topological polar surface area (TPSA) is 84.8 Å². The van der Waals surface area contributed by atoms with Crippen LogP contribution >= 0.6 is 0 Å². The van der Waals surface area contributed by atoms with Crippen molar-refractivity contribution in [3.8, 4) is 0 Å². The van der Waals surface area contributed by atoms with Crippen molar-refractivity contribution in [2.75, 3.05) is 19.8 Å². The van der Waals surface area contributed by atoms with Gasteiger partial charge in [0.2, 0.25) is 0 Å². The predicted octanol–water partition coefficient (Wildman–Crippen LogP) is 4.63. The van der Waals surface area contributed by atoms with Gasteiger partial charge in [0.05, 0.1) is 39.6 Å². The second kappa shape index (κ2) is 14.5. The first kappa shape index (κ1) is 29.8. The van der Waals surface area contributed by atoms with Crippen molar-refractivity contribution in [3.05, 3.63) is 108 Å². The van der Waals surface area contributed by atoms with E-state index in [9.17, 15) is 5.11 Å². The summed E-state index contributed by atoms with van der Waals surface area (Å²) in [6, 6.07) is 29.7. The maximum absolute atomic E-state index is 11.5. The van der Waals surface area contributed by atoms with E-state index in [4.69, 9.17) is 33.2 Å². The zero-order valence-electron chi connectivity index (χ0n) is 23.7. The van der Waals surface area contributed by atoms with Crippen molar-refractivity contribution in [2.45, 2.75) is 76.3 Å². The van der Waals surface area contributed by atoms with Crippen LogP contribution in [0.5, 0.6) is 0 Å². The Kier molecular flexibility index (Phi) is 10.5. The normalized spacial score (nSPS) is 27.6. The zero-order chi connectivity index (χ0) is 28.5. The maximum Gasteiger partial charge on any atom is 0.186 e. The van der Waals surface area contributed by atoms with Crippen LogP contribution in [0.3, 0.4) is 0 Å². The quantitative estimate of drug-likeness (QED) is 0.322. The van der Waals surface area contributed by atoms with Crippen LogP contribution in [0.25, 0.3) is 0 Å². The first-order valence-electron chi connectivity index (χ1n) is 14.2. The Hall–Kier alpha value is -2.66. The third-order valence-electron chi connectivity index (χ3n) is 7.09. The van der Waals surface area contributed by atoms with E-state index in [2.05, 4.69) is 0 Å². The van der Waals surface area contributed by atoms with E-state index in [0.29, 0.717) is 26.4 Å². The summed E-state index contributed by atoms with van der Waals surface area (Å²) in [5.74, 6) is -0.675. The minimum Gasteiger partial charge on any atom is -0.385 e. The van der Waals surface area contributed by atoms with Gasteiger partial charge < -0.3 is 38.3 Å². The minimum atomic E-state index is -1.11. The average Bonchev–Trinajstić information content (AvgIpc) is 3.35. The Morgan fingerprint density at radius 2 is 1.24 bits per heavy atom. The highest BCUT2D eigenvalue weighted by Gasteiger charge is 2.48. The average molecular weight is 565 g/mol. The molecule has 0 saturated carbocycles. The Bertz CT molecular complexity index is 1160. The van der Waals surface area contributed by atoms with Crippen LogP contribution in [-0.2, 0) is 53.0 Å². The number of benzene rings is 3. The molecule has 8 heteroatoms. The summed E-state index contributed by atoms with van der Waals surface area (Å²) in [5.41, 5.74) is 3.05. The molecule has 8 nitrogen and oxygen atoms in total. The third-order valence-corrected chi connectivity index (χ3v) is 7.09. The van der Waals surface area contributed by atoms with Crippen molar-refractivity contribution in [1.82, 2.24) is 0 Å². The van der Waals surface area contributed by atoms with Gasteiger partial charge in [-0.25, -0.2) is 0 Å². The summed E-state index contributed by atoms with van der Waals surface area (Å²) in [6.45, 7) is 5.59. The largest absolute Gasteiger partial charge is 0.385 e. The molecular formula is C33H40O8. The van der Waals surface area contributed by atoms with Crippen LogP contribution in [0.15, 0.2) is 91.0 Å². The molecule has 1 N–H and O–H groups in total. The lowest BCUT2D eigenvalue weighted by Crippen LogP contribution is -2.61. The molecule has 0 radical (unpaired) electrons. The Morgan fingerprint density at radius 3 is 1.78 bits per heavy atom. The number of aliphatic hydroxyl groups excluding tert-OH is 1. The summed E-state index contributed by atoms with van der Waals surface area (Å²) >= 11 is 0. The van der Waals surface area contributed by atoms with Crippen molar-refractivity contribution in [1.29, 1.82) is 0 Å². The monoisotopic (exact) mass is 564 g/mol. The molecule has 2 fully saturated rings. The molecule has 0 amide bonds. The van der Waals surface area contributed by atoms with Gasteiger partial charge in [0.25, 0.3) is 0 Å². The second-order valence-electron chi connectivity index (χ2n) is 10.8. The number of ether oxygens (including phenoxy) is 7. The van der Waals surface area contributed by atoms with Crippen molar-refractivity contribution < 1.29 is 38.3 Å². The number of aliphatic hydroxyl groups is 1. The molecule has 0 bridgehead atoms. The smallest absolute Gasteiger partial charge is 0.186 e. The maximum atomic E-state index is 11.5. The van der Waals surface area contributed by atoms with Crippen molar-refractivity contribution in [3.63, 3.8) is 0 Å². The molecule has 2 saturated heterocycles. The number of hydrogen-bond acceptors (Lipinski definition) is 8.